The molecule has 0 aliphatic carbocycles. The largest absolute Gasteiger partial charge is 0.508 e. The van der Waals surface area contributed by atoms with Gasteiger partial charge in [-0.1, -0.05) is 12.1 Å². The summed E-state index contributed by atoms with van der Waals surface area (Å²) >= 11 is 1.71. The summed E-state index contributed by atoms with van der Waals surface area (Å²) in [4.78, 5) is 0. The molecule has 0 amide bonds. The number of benzene rings is 1. The minimum atomic E-state index is 0.324. The van der Waals surface area contributed by atoms with Crippen LogP contribution in [-0.2, 0) is 13.1 Å². The van der Waals surface area contributed by atoms with Crippen LogP contribution >= 0.6 is 11.3 Å². The summed E-state index contributed by atoms with van der Waals surface area (Å²) in [7, 11) is 0. The lowest BCUT2D eigenvalue weighted by atomic mass is 10.2. The highest BCUT2D eigenvalue weighted by molar-refractivity contribution is 7.07. The van der Waals surface area contributed by atoms with Crippen LogP contribution in [0.4, 0.5) is 0 Å². The van der Waals surface area contributed by atoms with E-state index in [-0.39, 0.29) is 0 Å². The Balaban J connectivity index is 1.83. The van der Waals surface area contributed by atoms with Crippen molar-refractivity contribution < 1.29 is 5.11 Å². The first-order valence-corrected chi connectivity index (χ1v) is 5.78. The third-order valence-corrected chi connectivity index (χ3v) is 2.88. The number of phenolic OH excluding ortho intramolecular Hbond substituents is 1. The van der Waals surface area contributed by atoms with Crippen LogP contribution in [0.1, 0.15) is 11.1 Å². The van der Waals surface area contributed by atoms with Crippen molar-refractivity contribution in [3.05, 3.63) is 52.2 Å². The van der Waals surface area contributed by atoms with Gasteiger partial charge in [0.05, 0.1) is 0 Å². The molecule has 0 bridgehead atoms. The molecule has 2 aromatic rings. The molecule has 2 nitrogen and oxygen atoms in total. The van der Waals surface area contributed by atoms with Crippen molar-refractivity contribution in [2.75, 3.05) is 0 Å². The highest BCUT2D eigenvalue weighted by Gasteiger charge is 1.95. The van der Waals surface area contributed by atoms with Crippen LogP contribution in [0.3, 0.4) is 0 Å². The monoisotopic (exact) mass is 219 g/mol. The van der Waals surface area contributed by atoms with E-state index in [1.807, 2.05) is 12.1 Å². The van der Waals surface area contributed by atoms with Gasteiger partial charge in [-0.25, -0.2) is 0 Å². The van der Waals surface area contributed by atoms with Gasteiger partial charge < -0.3 is 10.4 Å². The van der Waals surface area contributed by atoms with Gasteiger partial charge in [0.2, 0.25) is 0 Å². The van der Waals surface area contributed by atoms with Crippen molar-refractivity contribution in [2.45, 2.75) is 13.1 Å². The van der Waals surface area contributed by atoms with Crippen molar-refractivity contribution in [3.8, 4) is 5.75 Å². The molecule has 0 fully saturated rings. The van der Waals surface area contributed by atoms with E-state index in [9.17, 15) is 5.11 Å². The first-order chi connectivity index (χ1) is 7.34. The van der Waals surface area contributed by atoms with E-state index in [2.05, 4.69) is 22.1 Å². The van der Waals surface area contributed by atoms with Crippen LogP contribution in [0.5, 0.6) is 5.75 Å². The Morgan fingerprint density at radius 2 is 2.00 bits per heavy atom. The van der Waals surface area contributed by atoms with E-state index in [4.69, 9.17) is 0 Å². The minimum absolute atomic E-state index is 0.324. The van der Waals surface area contributed by atoms with E-state index < -0.39 is 0 Å². The number of hydrogen-bond acceptors (Lipinski definition) is 3. The average Bonchev–Trinajstić information content (AvgIpc) is 2.71. The number of phenols is 1. The fourth-order valence-corrected chi connectivity index (χ4v) is 2.08. The molecule has 1 heterocycles. The molecular weight excluding hydrogens is 206 g/mol. The molecule has 0 aliphatic heterocycles. The van der Waals surface area contributed by atoms with Crippen molar-refractivity contribution in [1.82, 2.24) is 5.32 Å². The molecule has 3 heteroatoms. The molecule has 0 saturated carbocycles. The zero-order valence-electron chi connectivity index (χ0n) is 8.31. The maximum Gasteiger partial charge on any atom is 0.115 e. The lowest BCUT2D eigenvalue weighted by Crippen LogP contribution is -2.11. The number of rotatable bonds is 4. The van der Waals surface area contributed by atoms with Crippen molar-refractivity contribution in [2.24, 2.45) is 0 Å². The predicted octanol–water partition coefficient (Wildman–Crippen LogP) is 2.74. The topological polar surface area (TPSA) is 32.3 Å². The van der Waals surface area contributed by atoms with E-state index in [1.165, 1.54) is 5.56 Å². The average molecular weight is 219 g/mol. The van der Waals surface area contributed by atoms with Crippen LogP contribution in [0.25, 0.3) is 0 Å². The van der Waals surface area contributed by atoms with E-state index >= 15 is 0 Å². The highest BCUT2D eigenvalue weighted by Crippen LogP contribution is 2.11. The zero-order chi connectivity index (χ0) is 10.5. The maximum absolute atomic E-state index is 9.27. The Kier molecular flexibility index (Phi) is 3.37. The van der Waals surface area contributed by atoms with Gasteiger partial charge in [-0.15, -0.1) is 0 Å². The van der Waals surface area contributed by atoms with Crippen LogP contribution in [0, 0.1) is 0 Å². The number of nitrogens with one attached hydrogen (secondary N) is 1. The SMILES string of the molecule is Oc1cccc(CNCc2ccsc2)c1. The third-order valence-electron chi connectivity index (χ3n) is 2.15. The quantitative estimate of drug-likeness (QED) is 0.828. The summed E-state index contributed by atoms with van der Waals surface area (Å²) in [5.74, 6) is 0.324. The lowest BCUT2D eigenvalue weighted by Gasteiger charge is -2.03. The molecule has 1 aromatic heterocycles. The third kappa shape index (κ3) is 3.08. The summed E-state index contributed by atoms with van der Waals surface area (Å²) in [6.07, 6.45) is 0. The molecule has 0 atom stereocenters. The molecule has 0 spiro atoms. The molecule has 0 radical (unpaired) electrons. The summed E-state index contributed by atoms with van der Waals surface area (Å²) in [6.45, 7) is 1.66. The van der Waals surface area contributed by atoms with Crippen molar-refractivity contribution >= 4 is 11.3 Å². The Morgan fingerprint density at radius 1 is 1.13 bits per heavy atom. The second kappa shape index (κ2) is 4.96. The molecule has 2 rings (SSSR count). The first-order valence-electron chi connectivity index (χ1n) is 4.84. The Bertz CT molecular complexity index is 411. The molecule has 78 valence electrons. The Hall–Kier alpha value is -1.32. The summed E-state index contributed by atoms with van der Waals surface area (Å²) in [5.41, 5.74) is 2.41. The molecule has 0 aliphatic rings. The highest BCUT2D eigenvalue weighted by atomic mass is 32.1. The molecule has 1 aromatic carbocycles. The van der Waals surface area contributed by atoms with E-state index in [1.54, 1.807) is 23.5 Å². The van der Waals surface area contributed by atoms with Crippen molar-refractivity contribution in [1.29, 1.82) is 0 Å². The second-order valence-electron chi connectivity index (χ2n) is 3.41. The minimum Gasteiger partial charge on any atom is -0.508 e. The van der Waals surface area contributed by atoms with Gasteiger partial charge in [0.1, 0.15) is 5.75 Å². The summed E-state index contributed by atoms with van der Waals surface area (Å²) in [5, 5.41) is 16.8. The fourth-order valence-electron chi connectivity index (χ4n) is 1.41. The Labute approximate surface area is 93.2 Å². The van der Waals surface area contributed by atoms with Gasteiger partial charge in [0.15, 0.2) is 0 Å². The van der Waals surface area contributed by atoms with Crippen LogP contribution in [0.15, 0.2) is 41.1 Å². The molecule has 0 unspecified atom stereocenters. The fraction of sp³-hybridized carbons (Fsp3) is 0.167. The van der Waals surface area contributed by atoms with E-state index in [0.717, 1.165) is 18.7 Å². The lowest BCUT2D eigenvalue weighted by molar-refractivity contribution is 0.474. The molecule has 15 heavy (non-hydrogen) atoms. The summed E-state index contributed by atoms with van der Waals surface area (Å²) in [6, 6.07) is 9.43. The first kappa shape index (κ1) is 10.2. The maximum atomic E-state index is 9.27. The van der Waals surface area contributed by atoms with Crippen LogP contribution in [0.2, 0.25) is 0 Å². The van der Waals surface area contributed by atoms with E-state index in [0.29, 0.717) is 5.75 Å². The number of aromatic hydroxyl groups is 1. The van der Waals surface area contributed by atoms with Gasteiger partial charge >= 0.3 is 0 Å². The molecular formula is C12H13NOS. The smallest absolute Gasteiger partial charge is 0.115 e. The van der Waals surface area contributed by atoms with Gasteiger partial charge in [0, 0.05) is 13.1 Å². The van der Waals surface area contributed by atoms with Gasteiger partial charge in [-0.05, 0) is 40.1 Å². The normalized spacial score (nSPS) is 10.4. The van der Waals surface area contributed by atoms with Crippen LogP contribution in [-0.4, -0.2) is 5.11 Å². The summed E-state index contributed by atoms with van der Waals surface area (Å²) < 4.78 is 0. The Morgan fingerprint density at radius 3 is 2.73 bits per heavy atom. The van der Waals surface area contributed by atoms with Gasteiger partial charge in [-0.3, -0.25) is 0 Å². The second-order valence-corrected chi connectivity index (χ2v) is 4.19. The molecule has 0 saturated heterocycles. The predicted molar refractivity (Wildman–Crippen MR) is 63.0 cm³/mol. The van der Waals surface area contributed by atoms with Gasteiger partial charge in [0.25, 0.3) is 0 Å². The zero-order valence-corrected chi connectivity index (χ0v) is 9.13. The molecule has 2 N–H and O–H groups in total. The van der Waals surface area contributed by atoms with Crippen LogP contribution < -0.4 is 5.32 Å². The van der Waals surface area contributed by atoms with Crippen molar-refractivity contribution in [3.63, 3.8) is 0 Å². The van der Waals surface area contributed by atoms with Gasteiger partial charge in [-0.2, -0.15) is 11.3 Å². The standard InChI is InChI=1S/C12H13NOS/c14-12-3-1-2-10(6-12)7-13-8-11-4-5-15-9-11/h1-6,9,13-14H,7-8H2. The number of thiophene rings is 1. The number of hydrogen-bond donors (Lipinski definition) is 2.